The van der Waals surface area contributed by atoms with Crippen molar-refractivity contribution in [2.75, 3.05) is 12.0 Å². The van der Waals surface area contributed by atoms with E-state index in [0.29, 0.717) is 0 Å². The van der Waals surface area contributed by atoms with Gasteiger partial charge in [-0.2, -0.15) is 0 Å². The smallest absolute Gasteiger partial charge is 0.196 e. The van der Waals surface area contributed by atoms with Crippen LogP contribution in [0.2, 0.25) is 0 Å². The van der Waals surface area contributed by atoms with E-state index in [1.165, 1.54) is 6.33 Å². The predicted molar refractivity (Wildman–Crippen MR) is 36.1 cm³/mol. The largest absolute Gasteiger partial charge is 0.383 e. The fourth-order valence-electron chi connectivity index (χ4n) is 0.587. The molecule has 5 nitrogen and oxygen atoms in total. The van der Waals surface area contributed by atoms with Crippen LogP contribution in [-0.4, -0.2) is 24.6 Å². The molecular formula is C4H7N3O2S. The van der Waals surface area contributed by atoms with Crippen LogP contribution in [-0.2, 0) is 9.84 Å². The lowest BCUT2D eigenvalue weighted by atomic mass is 10.8. The average Bonchev–Trinajstić information content (AvgIpc) is 2.11. The summed E-state index contributed by atoms with van der Waals surface area (Å²) in [4.78, 5) is 5.98. The number of sulfone groups is 1. The Hall–Kier alpha value is -1.04. The molecule has 1 aromatic heterocycles. The first kappa shape index (κ1) is 7.07. The Kier molecular flexibility index (Phi) is 1.40. The Morgan fingerprint density at radius 2 is 2.30 bits per heavy atom. The summed E-state index contributed by atoms with van der Waals surface area (Å²) >= 11 is 0. The van der Waals surface area contributed by atoms with Crippen LogP contribution in [0.4, 0.5) is 5.82 Å². The number of anilines is 1. The van der Waals surface area contributed by atoms with Gasteiger partial charge in [0, 0.05) is 6.26 Å². The Morgan fingerprint density at radius 3 is 2.50 bits per heavy atom. The van der Waals surface area contributed by atoms with Crippen LogP contribution in [0.5, 0.6) is 0 Å². The monoisotopic (exact) mass is 161 g/mol. The highest BCUT2D eigenvalue weighted by Crippen LogP contribution is 2.10. The Balaban J connectivity index is 3.32. The van der Waals surface area contributed by atoms with Crippen molar-refractivity contribution in [3.05, 3.63) is 6.33 Å². The van der Waals surface area contributed by atoms with Gasteiger partial charge >= 0.3 is 0 Å². The molecule has 0 aliphatic heterocycles. The van der Waals surface area contributed by atoms with Gasteiger partial charge in [-0.05, 0) is 0 Å². The molecule has 0 bridgehead atoms. The first-order chi connectivity index (χ1) is 4.52. The quantitative estimate of drug-likeness (QED) is 0.575. The van der Waals surface area contributed by atoms with Crippen LogP contribution >= 0.6 is 0 Å². The second-order valence-electron chi connectivity index (χ2n) is 1.89. The molecule has 6 heteroatoms. The molecule has 0 radical (unpaired) electrons. The van der Waals surface area contributed by atoms with E-state index in [9.17, 15) is 8.42 Å². The number of hydrogen-bond acceptors (Lipinski definition) is 4. The minimum absolute atomic E-state index is 0.0856. The number of hydrogen-bond donors (Lipinski definition) is 2. The van der Waals surface area contributed by atoms with Gasteiger partial charge in [0.1, 0.15) is 5.82 Å². The van der Waals surface area contributed by atoms with Crippen molar-refractivity contribution in [2.45, 2.75) is 5.03 Å². The first-order valence-electron chi connectivity index (χ1n) is 2.50. The Morgan fingerprint density at radius 1 is 1.70 bits per heavy atom. The van der Waals surface area contributed by atoms with Crippen molar-refractivity contribution in [1.29, 1.82) is 0 Å². The summed E-state index contributed by atoms with van der Waals surface area (Å²) in [6, 6.07) is 0. The standard InChI is InChI=1S/C4H7N3O2S/c1-10(8,9)4-3(5)6-2-7-4/h2H,5H2,1H3,(H,6,7). The summed E-state index contributed by atoms with van der Waals surface area (Å²) in [6.07, 6.45) is 2.30. The van der Waals surface area contributed by atoms with Gasteiger partial charge in [-0.3, -0.25) is 0 Å². The molecule has 10 heavy (non-hydrogen) atoms. The van der Waals surface area contributed by atoms with Crippen LogP contribution in [0.15, 0.2) is 11.4 Å². The zero-order valence-corrected chi connectivity index (χ0v) is 6.14. The highest BCUT2D eigenvalue weighted by Gasteiger charge is 2.13. The van der Waals surface area contributed by atoms with Crippen LogP contribution in [0.1, 0.15) is 0 Å². The SMILES string of the molecule is CS(=O)(=O)c1nc[nH]c1N. The lowest BCUT2D eigenvalue weighted by Crippen LogP contribution is -2.01. The summed E-state index contributed by atoms with van der Waals surface area (Å²) in [5.41, 5.74) is 5.23. The maximum atomic E-state index is 10.8. The third-order valence-corrected chi connectivity index (χ3v) is 2.01. The zero-order chi connectivity index (χ0) is 7.78. The number of nitrogens with zero attached hydrogens (tertiary/aromatic N) is 1. The summed E-state index contributed by atoms with van der Waals surface area (Å²) in [5, 5.41) is -0.0903. The van der Waals surface area contributed by atoms with E-state index in [4.69, 9.17) is 5.73 Å². The summed E-state index contributed by atoms with van der Waals surface area (Å²) < 4.78 is 21.5. The minimum atomic E-state index is -3.26. The molecule has 0 aliphatic rings. The molecule has 0 spiro atoms. The molecule has 0 amide bonds. The van der Waals surface area contributed by atoms with Gasteiger partial charge in [0.2, 0.25) is 0 Å². The number of rotatable bonds is 1. The van der Waals surface area contributed by atoms with E-state index in [-0.39, 0.29) is 10.8 Å². The molecule has 1 heterocycles. The molecule has 0 aromatic carbocycles. The summed E-state index contributed by atoms with van der Waals surface area (Å²) in [6.45, 7) is 0. The molecule has 0 aliphatic carbocycles. The van der Waals surface area contributed by atoms with Gasteiger partial charge in [0.05, 0.1) is 6.33 Å². The van der Waals surface area contributed by atoms with Crippen molar-refractivity contribution >= 4 is 15.7 Å². The topological polar surface area (TPSA) is 88.8 Å². The molecule has 0 saturated carbocycles. The highest BCUT2D eigenvalue weighted by molar-refractivity contribution is 7.90. The van der Waals surface area contributed by atoms with Crippen molar-refractivity contribution in [2.24, 2.45) is 0 Å². The predicted octanol–water partition coefficient (Wildman–Crippen LogP) is -0.605. The molecule has 1 aromatic rings. The number of aromatic nitrogens is 2. The first-order valence-corrected chi connectivity index (χ1v) is 4.40. The lowest BCUT2D eigenvalue weighted by Gasteiger charge is -1.90. The maximum absolute atomic E-state index is 10.8. The number of nitrogen functional groups attached to an aromatic ring is 1. The van der Waals surface area contributed by atoms with Crippen LogP contribution in [0, 0.1) is 0 Å². The van der Waals surface area contributed by atoms with Crippen LogP contribution in [0.3, 0.4) is 0 Å². The number of imidazole rings is 1. The number of H-pyrrole nitrogens is 1. The molecular weight excluding hydrogens is 154 g/mol. The molecule has 0 atom stereocenters. The maximum Gasteiger partial charge on any atom is 0.196 e. The molecule has 0 fully saturated rings. The lowest BCUT2D eigenvalue weighted by molar-refractivity contribution is 0.599. The van der Waals surface area contributed by atoms with Gasteiger partial charge in [-0.25, -0.2) is 13.4 Å². The van der Waals surface area contributed by atoms with E-state index >= 15 is 0 Å². The van der Waals surface area contributed by atoms with Gasteiger partial charge < -0.3 is 10.7 Å². The highest BCUT2D eigenvalue weighted by atomic mass is 32.2. The Bertz CT molecular complexity index is 326. The van der Waals surface area contributed by atoms with Crippen molar-refractivity contribution < 1.29 is 8.42 Å². The number of nitrogens with one attached hydrogen (secondary N) is 1. The van der Waals surface area contributed by atoms with Crippen LogP contribution < -0.4 is 5.73 Å². The molecule has 0 saturated heterocycles. The van der Waals surface area contributed by atoms with E-state index in [1.54, 1.807) is 0 Å². The second kappa shape index (κ2) is 1.98. The van der Waals surface area contributed by atoms with Gasteiger partial charge in [0.25, 0.3) is 0 Å². The zero-order valence-electron chi connectivity index (χ0n) is 5.33. The molecule has 1 rings (SSSR count). The fraction of sp³-hybridized carbons (Fsp3) is 0.250. The van der Waals surface area contributed by atoms with E-state index in [1.807, 2.05) is 0 Å². The van der Waals surface area contributed by atoms with Crippen molar-refractivity contribution in [3.63, 3.8) is 0 Å². The third kappa shape index (κ3) is 1.10. The third-order valence-electron chi connectivity index (χ3n) is 0.983. The van der Waals surface area contributed by atoms with Gasteiger partial charge in [-0.15, -0.1) is 0 Å². The average molecular weight is 161 g/mol. The number of aromatic amines is 1. The van der Waals surface area contributed by atoms with Gasteiger partial charge in [-0.1, -0.05) is 0 Å². The van der Waals surface area contributed by atoms with Crippen molar-refractivity contribution in [1.82, 2.24) is 9.97 Å². The van der Waals surface area contributed by atoms with Gasteiger partial charge in [0.15, 0.2) is 14.9 Å². The van der Waals surface area contributed by atoms with E-state index in [0.717, 1.165) is 6.26 Å². The molecule has 3 N–H and O–H groups in total. The fourth-order valence-corrected chi connectivity index (χ4v) is 1.29. The summed E-state index contributed by atoms with van der Waals surface area (Å²) in [7, 11) is -3.26. The second-order valence-corrected chi connectivity index (χ2v) is 3.82. The van der Waals surface area contributed by atoms with Crippen LogP contribution in [0.25, 0.3) is 0 Å². The number of nitrogens with two attached hydrogens (primary N) is 1. The molecule has 0 unspecified atom stereocenters. The summed E-state index contributed by atoms with van der Waals surface area (Å²) in [5.74, 6) is 0.0856. The van der Waals surface area contributed by atoms with Crippen molar-refractivity contribution in [3.8, 4) is 0 Å². The minimum Gasteiger partial charge on any atom is -0.383 e. The molecule has 56 valence electrons. The van der Waals surface area contributed by atoms with E-state index in [2.05, 4.69) is 9.97 Å². The van der Waals surface area contributed by atoms with E-state index < -0.39 is 9.84 Å². The Labute approximate surface area is 58.2 Å². The normalized spacial score (nSPS) is 11.7.